The van der Waals surface area contributed by atoms with Crippen molar-refractivity contribution in [2.24, 2.45) is 5.73 Å². The number of aromatic nitrogens is 2. The SMILES string of the molecule is COC(CN)C(=O)NCc1ccccc1-n1cccn1. The molecule has 0 aliphatic carbocycles. The monoisotopic (exact) mass is 274 g/mol. The van der Waals surface area contributed by atoms with Crippen molar-refractivity contribution in [3.8, 4) is 5.69 Å². The summed E-state index contributed by atoms with van der Waals surface area (Å²) < 4.78 is 6.76. The van der Waals surface area contributed by atoms with E-state index in [1.807, 2.05) is 36.5 Å². The average molecular weight is 274 g/mol. The van der Waals surface area contributed by atoms with Gasteiger partial charge in [0.25, 0.3) is 5.91 Å². The van der Waals surface area contributed by atoms with E-state index in [4.69, 9.17) is 10.5 Å². The van der Waals surface area contributed by atoms with Crippen molar-refractivity contribution in [3.63, 3.8) is 0 Å². The van der Waals surface area contributed by atoms with Crippen molar-refractivity contribution in [3.05, 3.63) is 48.3 Å². The van der Waals surface area contributed by atoms with Crippen LogP contribution < -0.4 is 11.1 Å². The second kappa shape index (κ2) is 6.83. The van der Waals surface area contributed by atoms with E-state index in [-0.39, 0.29) is 12.5 Å². The third-order valence-electron chi connectivity index (χ3n) is 2.99. The van der Waals surface area contributed by atoms with Gasteiger partial charge < -0.3 is 15.8 Å². The van der Waals surface area contributed by atoms with E-state index in [1.165, 1.54) is 7.11 Å². The van der Waals surface area contributed by atoms with Crippen molar-refractivity contribution >= 4 is 5.91 Å². The third-order valence-corrected chi connectivity index (χ3v) is 2.99. The molecule has 0 aliphatic rings. The summed E-state index contributed by atoms with van der Waals surface area (Å²) in [7, 11) is 1.47. The molecule has 1 heterocycles. The van der Waals surface area contributed by atoms with E-state index >= 15 is 0 Å². The molecule has 1 unspecified atom stereocenters. The van der Waals surface area contributed by atoms with E-state index in [0.29, 0.717) is 6.54 Å². The van der Waals surface area contributed by atoms with Crippen LogP contribution in [0.1, 0.15) is 5.56 Å². The zero-order valence-corrected chi connectivity index (χ0v) is 11.3. The quantitative estimate of drug-likeness (QED) is 0.802. The molecule has 1 aromatic heterocycles. The second-order valence-electron chi connectivity index (χ2n) is 4.26. The van der Waals surface area contributed by atoms with Gasteiger partial charge in [-0.2, -0.15) is 5.10 Å². The number of para-hydroxylation sites is 1. The Balaban J connectivity index is 2.09. The number of nitrogens with two attached hydrogens (primary N) is 1. The Morgan fingerprint density at radius 1 is 1.45 bits per heavy atom. The van der Waals surface area contributed by atoms with E-state index in [1.54, 1.807) is 10.9 Å². The molecule has 0 radical (unpaired) electrons. The summed E-state index contributed by atoms with van der Waals surface area (Å²) in [5.41, 5.74) is 7.36. The fourth-order valence-corrected chi connectivity index (χ4v) is 1.90. The standard InChI is InChI=1S/C14H18N4O2/c1-20-13(9-15)14(19)16-10-11-5-2-3-6-12(11)18-8-4-7-17-18/h2-8,13H,9-10,15H2,1H3,(H,16,19). The summed E-state index contributed by atoms with van der Waals surface area (Å²) in [5.74, 6) is -0.217. The van der Waals surface area contributed by atoms with Crippen molar-refractivity contribution in [1.29, 1.82) is 0 Å². The molecule has 1 amide bonds. The Hall–Kier alpha value is -2.18. The number of nitrogens with one attached hydrogen (secondary N) is 1. The topological polar surface area (TPSA) is 82.2 Å². The van der Waals surface area contributed by atoms with Gasteiger partial charge >= 0.3 is 0 Å². The van der Waals surface area contributed by atoms with Crippen LogP contribution in [0.2, 0.25) is 0 Å². The maximum absolute atomic E-state index is 11.8. The van der Waals surface area contributed by atoms with Gasteiger partial charge in [-0.1, -0.05) is 18.2 Å². The lowest BCUT2D eigenvalue weighted by atomic mass is 10.1. The number of ether oxygens (including phenoxy) is 1. The molecule has 0 aliphatic heterocycles. The Kier molecular flexibility index (Phi) is 4.86. The summed E-state index contributed by atoms with van der Waals surface area (Å²) in [6, 6.07) is 9.60. The number of carbonyl (C=O) groups is 1. The van der Waals surface area contributed by atoms with Crippen LogP contribution in [0.3, 0.4) is 0 Å². The molecule has 1 atom stereocenters. The van der Waals surface area contributed by atoms with Crippen molar-refractivity contribution in [2.45, 2.75) is 12.6 Å². The third kappa shape index (κ3) is 3.23. The first kappa shape index (κ1) is 14.2. The normalized spacial score (nSPS) is 12.1. The van der Waals surface area contributed by atoms with Crippen LogP contribution in [-0.2, 0) is 16.1 Å². The summed E-state index contributed by atoms with van der Waals surface area (Å²) in [4.78, 5) is 11.8. The predicted molar refractivity (Wildman–Crippen MR) is 75.3 cm³/mol. The number of hydrogen-bond donors (Lipinski definition) is 2. The molecule has 2 aromatic rings. The maximum Gasteiger partial charge on any atom is 0.250 e. The lowest BCUT2D eigenvalue weighted by molar-refractivity contribution is -0.130. The molecule has 6 heteroatoms. The number of amides is 1. The molecule has 2 rings (SSSR count). The van der Waals surface area contributed by atoms with Gasteiger partial charge in [0.1, 0.15) is 6.10 Å². The Morgan fingerprint density at radius 2 is 2.25 bits per heavy atom. The zero-order valence-electron chi connectivity index (χ0n) is 11.3. The van der Waals surface area contributed by atoms with Gasteiger partial charge in [0.2, 0.25) is 0 Å². The molecule has 1 aromatic carbocycles. The fourth-order valence-electron chi connectivity index (χ4n) is 1.90. The fraction of sp³-hybridized carbons (Fsp3) is 0.286. The molecule has 6 nitrogen and oxygen atoms in total. The number of hydrogen-bond acceptors (Lipinski definition) is 4. The first-order valence-corrected chi connectivity index (χ1v) is 6.34. The summed E-state index contributed by atoms with van der Waals surface area (Å²) in [5, 5.41) is 7.02. The van der Waals surface area contributed by atoms with Crippen molar-refractivity contribution < 1.29 is 9.53 Å². The van der Waals surface area contributed by atoms with E-state index in [9.17, 15) is 4.79 Å². The van der Waals surface area contributed by atoms with Crippen LogP contribution >= 0.6 is 0 Å². The van der Waals surface area contributed by atoms with E-state index in [0.717, 1.165) is 11.3 Å². The predicted octanol–water partition coefficient (Wildman–Crippen LogP) is 0.462. The number of benzene rings is 1. The van der Waals surface area contributed by atoms with Gasteiger partial charge in [-0.3, -0.25) is 4.79 Å². The minimum atomic E-state index is -0.619. The molecular formula is C14H18N4O2. The lowest BCUT2D eigenvalue weighted by Crippen LogP contribution is -2.40. The van der Waals surface area contributed by atoms with E-state index < -0.39 is 6.10 Å². The van der Waals surface area contributed by atoms with Gasteiger partial charge in [0.15, 0.2) is 0 Å². The molecule has 0 fully saturated rings. The van der Waals surface area contributed by atoms with Gasteiger partial charge in [-0.25, -0.2) is 4.68 Å². The Labute approximate surface area is 117 Å². The highest BCUT2D eigenvalue weighted by Gasteiger charge is 2.15. The molecule has 3 N–H and O–H groups in total. The number of methoxy groups -OCH3 is 1. The van der Waals surface area contributed by atoms with Crippen LogP contribution in [0.25, 0.3) is 5.69 Å². The van der Waals surface area contributed by atoms with Crippen LogP contribution in [0, 0.1) is 0 Å². The van der Waals surface area contributed by atoms with Gasteiger partial charge in [0.05, 0.1) is 5.69 Å². The largest absolute Gasteiger partial charge is 0.370 e. The molecular weight excluding hydrogens is 256 g/mol. The number of nitrogens with zero attached hydrogens (tertiary/aromatic N) is 2. The van der Waals surface area contributed by atoms with Gasteiger partial charge in [-0.05, 0) is 17.7 Å². The maximum atomic E-state index is 11.8. The van der Waals surface area contributed by atoms with Crippen molar-refractivity contribution in [1.82, 2.24) is 15.1 Å². The van der Waals surface area contributed by atoms with Gasteiger partial charge in [-0.15, -0.1) is 0 Å². The Bertz CT molecular complexity index is 550. The molecule has 0 bridgehead atoms. The van der Waals surface area contributed by atoms with Crippen LogP contribution in [0.5, 0.6) is 0 Å². The second-order valence-corrected chi connectivity index (χ2v) is 4.26. The smallest absolute Gasteiger partial charge is 0.250 e. The van der Waals surface area contributed by atoms with Gasteiger partial charge in [0, 0.05) is 32.6 Å². The molecule has 0 spiro atoms. The van der Waals surface area contributed by atoms with Crippen molar-refractivity contribution in [2.75, 3.05) is 13.7 Å². The number of carbonyl (C=O) groups excluding carboxylic acids is 1. The van der Waals surface area contributed by atoms with Crippen LogP contribution in [0.15, 0.2) is 42.7 Å². The minimum absolute atomic E-state index is 0.156. The molecule has 20 heavy (non-hydrogen) atoms. The van der Waals surface area contributed by atoms with Crippen LogP contribution in [-0.4, -0.2) is 35.4 Å². The number of rotatable bonds is 6. The highest BCUT2D eigenvalue weighted by molar-refractivity contribution is 5.81. The van der Waals surface area contributed by atoms with E-state index in [2.05, 4.69) is 10.4 Å². The highest BCUT2D eigenvalue weighted by Crippen LogP contribution is 2.13. The Morgan fingerprint density at radius 3 is 2.90 bits per heavy atom. The highest BCUT2D eigenvalue weighted by atomic mass is 16.5. The first-order chi connectivity index (χ1) is 9.76. The summed E-state index contributed by atoms with van der Waals surface area (Å²) >= 11 is 0. The summed E-state index contributed by atoms with van der Waals surface area (Å²) in [6.07, 6.45) is 2.95. The lowest BCUT2D eigenvalue weighted by Gasteiger charge is -2.14. The molecule has 0 saturated carbocycles. The van der Waals surface area contributed by atoms with Crippen LogP contribution in [0.4, 0.5) is 0 Å². The molecule has 0 saturated heterocycles. The first-order valence-electron chi connectivity index (χ1n) is 6.34. The molecule has 106 valence electrons. The summed E-state index contributed by atoms with van der Waals surface area (Å²) in [6.45, 7) is 0.553. The average Bonchev–Trinajstić information content (AvgIpc) is 3.01. The minimum Gasteiger partial charge on any atom is -0.370 e. The zero-order chi connectivity index (χ0) is 14.4.